The van der Waals surface area contributed by atoms with Crippen LogP contribution in [0.1, 0.15) is 30.9 Å². The van der Waals surface area contributed by atoms with E-state index in [2.05, 4.69) is 15.0 Å². The van der Waals surface area contributed by atoms with Crippen LogP contribution in [0.5, 0.6) is 0 Å². The summed E-state index contributed by atoms with van der Waals surface area (Å²) in [5.74, 6) is 0.721. The molecule has 1 aromatic carbocycles. The zero-order chi connectivity index (χ0) is 16.1. The molecule has 4 N–H and O–H groups in total. The summed E-state index contributed by atoms with van der Waals surface area (Å²) in [6.45, 7) is 5.93. The molecule has 3 aromatic rings. The number of hydrogen-bond donors (Lipinski definition) is 3. The summed E-state index contributed by atoms with van der Waals surface area (Å²) in [6, 6.07) is 5.46. The molecule has 114 valence electrons. The van der Waals surface area contributed by atoms with Crippen molar-refractivity contribution in [3.8, 4) is 0 Å². The number of H-pyrrole nitrogens is 1. The van der Waals surface area contributed by atoms with E-state index < -0.39 is 0 Å². The Balaban J connectivity index is 0.000000847. The van der Waals surface area contributed by atoms with Crippen LogP contribution in [0.2, 0.25) is 0 Å². The van der Waals surface area contributed by atoms with Crippen molar-refractivity contribution in [1.82, 2.24) is 15.0 Å². The second kappa shape index (κ2) is 6.71. The molecule has 0 aliphatic rings. The van der Waals surface area contributed by atoms with Crippen molar-refractivity contribution >= 4 is 28.9 Å². The number of benzene rings is 1. The molecule has 6 heteroatoms. The average Bonchev–Trinajstić information content (AvgIpc) is 3.10. The molecule has 0 amide bonds. The highest BCUT2D eigenvalue weighted by Gasteiger charge is 2.05. The lowest BCUT2D eigenvalue weighted by Gasteiger charge is -1.97. The van der Waals surface area contributed by atoms with Crippen LogP contribution in [0.25, 0.3) is 17.2 Å². The van der Waals surface area contributed by atoms with Gasteiger partial charge in [0.15, 0.2) is 5.58 Å². The standard InChI is InChI=1S/C14H13N5O.C2H6/c1-8-7-17-13(18-8)5-3-10(15)9-2-4-12-11(6-9)19-14(16)20-12;1-2/h2-7,15H,1H3,(H2,16,19)(H,17,18);1-2H3/b5-3-,15-10?;. The van der Waals surface area contributed by atoms with E-state index >= 15 is 0 Å². The molecule has 0 bridgehead atoms. The summed E-state index contributed by atoms with van der Waals surface area (Å²) in [6.07, 6.45) is 5.19. The fraction of sp³-hybridized carbons (Fsp3) is 0.188. The number of nitrogens with two attached hydrogens (primary N) is 1. The smallest absolute Gasteiger partial charge is 0.292 e. The lowest BCUT2D eigenvalue weighted by atomic mass is 10.1. The minimum Gasteiger partial charge on any atom is -0.424 e. The monoisotopic (exact) mass is 297 g/mol. The van der Waals surface area contributed by atoms with Crippen molar-refractivity contribution in [3.05, 3.63) is 47.6 Å². The van der Waals surface area contributed by atoms with E-state index in [9.17, 15) is 0 Å². The van der Waals surface area contributed by atoms with Gasteiger partial charge in [0, 0.05) is 17.5 Å². The van der Waals surface area contributed by atoms with Crippen LogP contribution in [0.4, 0.5) is 6.01 Å². The summed E-state index contributed by atoms with van der Waals surface area (Å²) in [5.41, 5.74) is 8.84. The number of allylic oxidation sites excluding steroid dienone is 1. The van der Waals surface area contributed by atoms with Gasteiger partial charge in [-0.05, 0) is 37.3 Å². The fourth-order valence-corrected chi connectivity index (χ4v) is 1.89. The van der Waals surface area contributed by atoms with Crippen LogP contribution >= 0.6 is 0 Å². The number of aryl methyl sites for hydroxylation is 1. The maximum Gasteiger partial charge on any atom is 0.292 e. The number of hydrogen-bond acceptors (Lipinski definition) is 5. The van der Waals surface area contributed by atoms with Crippen molar-refractivity contribution in [2.75, 3.05) is 5.73 Å². The molecule has 0 atom stereocenters. The van der Waals surface area contributed by atoms with Crippen LogP contribution in [0.15, 0.2) is 34.9 Å². The predicted octanol–water partition coefficient (Wildman–Crippen LogP) is 3.55. The number of aromatic nitrogens is 3. The summed E-state index contributed by atoms with van der Waals surface area (Å²) in [4.78, 5) is 11.3. The lowest BCUT2D eigenvalue weighted by molar-refractivity contribution is 0.626. The summed E-state index contributed by atoms with van der Waals surface area (Å²) < 4.78 is 5.20. The van der Waals surface area contributed by atoms with Crippen LogP contribution in [0, 0.1) is 12.3 Å². The van der Waals surface area contributed by atoms with Gasteiger partial charge in [0.05, 0.1) is 5.71 Å². The average molecular weight is 297 g/mol. The number of oxazole rings is 1. The predicted molar refractivity (Wildman–Crippen MR) is 89.0 cm³/mol. The molecule has 0 saturated heterocycles. The molecule has 3 rings (SSSR count). The summed E-state index contributed by atoms with van der Waals surface area (Å²) >= 11 is 0. The Bertz CT molecular complexity index is 813. The molecule has 0 saturated carbocycles. The molecule has 0 aliphatic carbocycles. The Morgan fingerprint density at radius 1 is 1.36 bits per heavy atom. The number of fused-ring (bicyclic) bond motifs is 1. The third-order valence-corrected chi connectivity index (χ3v) is 2.85. The summed E-state index contributed by atoms with van der Waals surface area (Å²) in [5, 5.41) is 8.05. The van der Waals surface area contributed by atoms with Gasteiger partial charge in [-0.1, -0.05) is 13.8 Å². The highest BCUT2D eigenvalue weighted by atomic mass is 16.4. The largest absolute Gasteiger partial charge is 0.424 e. The van der Waals surface area contributed by atoms with Gasteiger partial charge < -0.3 is 20.5 Å². The second-order valence-corrected chi connectivity index (χ2v) is 4.43. The molecule has 0 aliphatic heterocycles. The molecule has 6 nitrogen and oxygen atoms in total. The molecule has 0 radical (unpaired) electrons. The van der Waals surface area contributed by atoms with Gasteiger partial charge in [0.2, 0.25) is 0 Å². The quantitative estimate of drug-likeness (QED) is 0.643. The zero-order valence-corrected chi connectivity index (χ0v) is 12.8. The Morgan fingerprint density at radius 2 is 2.14 bits per heavy atom. The van der Waals surface area contributed by atoms with Crippen molar-refractivity contribution < 1.29 is 4.42 Å². The fourth-order valence-electron chi connectivity index (χ4n) is 1.89. The number of anilines is 1. The molecule has 2 heterocycles. The number of rotatable bonds is 3. The van der Waals surface area contributed by atoms with E-state index in [-0.39, 0.29) is 6.01 Å². The third-order valence-electron chi connectivity index (χ3n) is 2.85. The van der Waals surface area contributed by atoms with E-state index in [0.29, 0.717) is 16.8 Å². The van der Waals surface area contributed by atoms with Gasteiger partial charge in [-0.25, -0.2) is 4.98 Å². The topological polar surface area (TPSA) is 105 Å². The van der Waals surface area contributed by atoms with Crippen LogP contribution in [-0.2, 0) is 0 Å². The van der Waals surface area contributed by atoms with Crippen molar-refractivity contribution in [3.63, 3.8) is 0 Å². The van der Waals surface area contributed by atoms with Crippen LogP contribution < -0.4 is 5.73 Å². The third kappa shape index (κ3) is 3.41. The van der Waals surface area contributed by atoms with Gasteiger partial charge in [-0.3, -0.25) is 0 Å². The Labute approximate surface area is 128 Å². The van der Waals surface area contributed by atoms with Gasteiger partial charge in [0.1, 0.15) is 11.3 Å². The van der Waals surface area contributed by atoms with E-state index in [1.165, 1.54) is 0 Å². The van der Waals surface area contributed by atoms with Crippen molar-refractivity contribution in [2.24, 2.45) is 0 Å². The second-order valence-electron chi connectivity index (χ2n) is 4.43. The molecule has 0 fully saturated rings. The first-order chi connectivity index (χ1) is 10.6. The minimum atomic E-state index is 0.130. The normalized spacial score (nSPS) is 10.7. The Kier molecular flexibility index (Phi) is 4.73. The Hall–Kier alpha value is -2.89. The number of nitrogens with zero attached hydrogens (tertiary/aromatic N) is 2. The van der Waals surface area contributed by atoms with E-state index in [1.807, 2.05) is 20.8 Å². The maximum atomic E-state index is 8.05. The summed E-state index contributed by atoms with van der Waals surface area (Å²) in [7, 11) is 0. The highest BCUT2D eigenvalue weighted by Crippen LogP contribution is 2.18. The van der Waals surface area contributed by atoms with Crippen LogP contribution in [0.3, 0.4) is 0 Å². The van der Waals surface area contributed by atoms with Crippen LogP contribution in [-0.4, -0.2) is 20.7 Å². The first-order valence-corrected chi connectivity index (χ1v) is 7.06. The molecule has 2 aromatic heterocycles. The molecule has 0 spiro atoms. The van der Waals surface area contributed by atoms with Crippen molar-refractivity contribution in [2.45, 2.75) is 20.8 Å². The van der Waals surface area contributed by atoms with E-state index in [4.69, 9.17) is 15.6 Å². The van der Waals surface area contributed by atoms with Gasteiger partial charge >= 0.3 is 0 Å². The van der Waals surface area contributed by atoms with E-state index in [1.54, 1.807) is 36.5 Å². The highest BCUT2D eigenvalue weighted by molar-refractivity contribution is 6.09. The molecular formula is C16H19N5O. The molecular weight excluding hydrogens is 278 g/mol. The lowest BCUT2D eigenvalue weighted by Crippen LogP contribution is -1.94. The maximum absolute atomic E-state index is 8.05. The van der Waals surface area contributed by atoms with Crippen molar-refractivity contribution in [1.29, 1.82) is 5.41 Å². The first kappa shape index (κ1) is 15.5. The number of aromatic amines is 1. The zero-order valence-electron chi connectivity index (χ0n) is 12.8. The molecule has 0 unspecified atom stereocenters. The SMILES string of the molecule is CC.Cc1cnc(/C=C\C(=N)c2ccc3oc(N)nc3c2)[nH]1. The minimum absolute atomic E-state index is 0.130. The molecule has 22 heavy (non-hydrogen) atoms. The number of nitrogens with one attached hydrogen (secondary N) is 2. The first-order valence-electron chi connectivity index (χ1n) is 7.06. The van der Waals surface area contributed by atoms with Gasteiger partial charge in [0.25, 0.3) is 6.01 Å². The van der Waals surface area contributed by atoms with Gasteiger partial charge in [-0.2, -0.15) is 4.98 Å². The number of imidazole rings is 1. The van der Waals surface area contributed by atoms with Gasteiger partial charge in [-0.15, -0.1) is 0 Å². The Morgan fingerprint density at radius 3 is 2.82 bits per heavy atom. The number of nitrogen functional groups attached to an aromatic ring is 1. The van der Waals surface area contributed by atoms with E-state index in [0.717, 1.165) is 17.1 Å².